The van der Waals surface area contributed by atoms with Gasteiger partial charge in [-0.2, -0.15) is 0 Å². The lowest BCUT2D eigenvalue weighted by Gasteiger charge is -2.01. The molecule has 0 unspecified atom stereocenters. The van der Waals surface area contributed by atoms with E-state index >= 15 is 0 Å². The smallest absolute Gasteiger partial charge is 0.140 e. The molecule has 3 heterocycles. The molecule has 0 radical (unpaired) electrons. The molecule has 18 heavy (non-hydrogen) atoms. The van der Waals surface area contributed by atoms with Gasteiger partial charge in [-0.05, 0) is 30.7 Å². The fourth-order valence-electron chi connectivity index (χ4n) is 2.11. The molecule has 0 spiro atoms. The Morgan fingerprint density at radius 1 is 1.28 bits per heavy atom. The number of fused-ring (bicyclic) bond motifs is 1. The van der Waals surface area contributed by atoms with Crippen LogP contribution in [0.2, 0.25) is 0 Å². The van der Waals surface area contributed by atoms with Crippen molar-refractivity contribution in [2.45, 2.75) is 12.8 Å². The number of rotatable bonds is 2. The van der Waals surface area contributed by atoms with E-state index in [1.54, 1.807) is 6.20 Å². The second kappa shape index (κ2) is 4.42. The molecule has 90 valence electrons. The van der Waals surface area contributed by atoms with Gasteiger partial charge in [-0.3, -0.25) is 4.98 Å². The van der Waals surface area contributed by atoms with Gasteiger partial charge in [-0.25, -0.2) is 4.98 Å². The fourth-order valence-corrected chi connectivity index (χ4v) is 2.37. The summed E-state index contributed by atoms with van der Waals surface area (Å²) in [5.74, 6) is 0.425. The van der Waals surface area contributed by atoms with Crippen LogP contribution in [0.25, 0.3) is 16.9 Å². The lowest BCUT2D eigenvalue weighted by Crippen LogP contribution is -1.92. The minimum atomic E-state index is 0.425. The van der Waals surface area contributed by atoms with E-state index in [1.165, 1.54) is 0 Å². The molecular formula is C14H12ClN3. The quantitative estimate of drug-likeness (QED) is 0.659. The zero-order valence-corrected chi connectivity index (χ0v) is 10.7. The highest BCUT2D eigenvalue weighted by molar-refractivity contribution is 6.17. The van der Waals surface area contributed by atoms with Crippen molar-refractivity contribution in [3.8, 4) is 11.3 Å². The zero-order valence-electron chi connectivity index (χ0n) is 9.97. The highest BCUT2D eigenvalue weighted by Gasteiger charge is 2.13. The minimum Gasteiger partial charge on any atom is -0.302 e. The predicted molar refractivity (Wildman–Crippen MR) is 72.7 cm³/mol. The molecule has 0 aliphatic heterocycles. The van der Waals surface area contributed by atoms with Gasteiger partial charge in [-0.1, -0.05) is 6.07 Å². The third-order valence-corrected chi connectivity index (χ3v) is 3.26. The first-order valence-electron chi connectivity index (χ1n) is 5.74. The maximum Gasteiger partial charge on any atom is 0.140 e. The van der Waals surface area contributed by atoms with Crippen LogP contribution in [-0.2, 0) is 5.88 Å². The number of nitrogens with zero attached hydrogens (tertiary/aromatic N) is 3. The summed E-state index contributed by atoms with van der Waals surface area (Å²) in [5, 5.41) is 0. The Morgan fingerprint density at radius 2 is 2.17 bits per heavy atom. The average molecular weight is 258 g/mol. The first kappa shape index (κ1) is 11.2. The van der Waals surface area contributed by atoms with E-state index in [9.17, 15) is 0 Å². The summed E-state index contributed by atoms with van der Waals surface area (Å²) in [7, 11) is 0. The lowest BCUT2D eigenvalue weighted by atomic mass is 10.2. The molecule has 0 fully saturated rings. The number of halogens is 1. The van der Waals surface area contributed by atoms with E-state index in [2.05, 4.69) is 4.98 Å². The van der Waals surface area contributed by atoms with Crippen LogP contribution >= 0.6 is 11.6 Å². The molecule has 0 saturated carbocycles. The van der Waals surface area contributed by atoms with Crippen LogP contribution in [0.15, 0.2) is 42.9 Å². The van der Waals surface area contributed by atoms with Crippen molar-refractivity contribution in [1.29, 1.82) is 0 Å². The number of alkyl halides is 1. The van der Waals surface area contributed by atoms with Gasteiger partial charge in [0, 0.05) is 24.2 Å². The number of hydrogen-bond acceptors (Lipinski definition) is 2. The van der Waals surface area contributed by atoms with Crippen LogP contribution in [0, 0.1) is 6.92 Å². The largest absolute Gasteiger partial charge is 0.302 e. The summed E-state index contributed by atoms with van der Waals surface area (Å²) in [5.41, 5.74) is 5.00. The maximum absolute atomic E-state index is 6.07. The number of hydrogen-bond donors (Lipinski definition) is 0. The molecule has 0 aliphatic carbocycles. The Labute approximate surface area is 110 Å². The molecular weight excluding hydrogens is 246 g/mol. The van der Waals surface area contributed by atoms with E-state index in [-0.39, 0.29) is 0 Å². The van der Waals surface area contributed by atoms with Crippen LogP contribution in [0.3, 0.4) is 0 Å². The number of aryl methyl sites for hydroxylation is 1. The molecule has 0 aliphatic rings. The standard InChI is InChI=1S/C14H12ClN3/c1-10-4-3-7-18-12(8-15)13(17-14(10)18)11-5-2-6-16-9-11/h2-7,9H,8H2,1H3. The summed E-state index contributed by atoms with van der Waals surface area (Å²) in [6.45, 7) is 2.05. The van der Waals surface area contributed by atoms with Crippen molar-refractivity contribution in [3.05, 3.63) is 54.1 Å². The van der Waals surface area contributed by atoms with Gasteiger partial charge >= 0.3 is 0 Å². The molecule has 3 rings (SSSR count). The Morgan fingerprint density at radius 3 is 2.89 bits per heavy atom. The van der Waals surface area contributed by atoms with Crippen LogP contribution in [-0.4, -0.2) is 14.4 Å². The van der Waals surface area contributed by atoms with Gasteiger partial charge in [0.15, 0.2) is 0 Å². The maximum atomic E-state index is 6.07. The Bertz CT molecular complexity index is 689. The van der Waals surface area contributed by atoms with E-state index < -0.39 is 0 Å². The Hall–Kier alpha value is -1.87. The van der Waals surface area contributed by atoms with Crippen LogP contribution in [0.4, 0.5) is 0 Å². The van der Waals surface area contributed by atoms with Gasteiger partial charge in [0.25, 0.3) is 0 Å². The molecule has 0 N–H and O–H groups in total. The summed E-state index contributed by atoms with van der Waals surface area (Å²) in [6, 6.07) is 7.96. The van der Waals surface area contributed by atoms with Crippen molar-refractivity contribution >= 4 is 17.2 Å². The normalized spacial score (nSPS) is 11.0. The monoisotopic (exact) mass is 257 g/mol. The van der Waals surface area contributed by atoms with Crippen molar-refractivity contribution in [2.24, 2.45) is 0 Å². The summed E-state index contributed by atoms with van der Waals surface area (Å²) in [6.07, 6.45) is 5.56. The summed E-state index contributed by atoms with van der Waals surface area (Å²) >= 11 is 6.07. The SMILES string of the molecule is Cc1cccn2c(CCl)c(-c3cccnc3)nc12. The molecule has 0 atom stereocenters. The Kier molecular flexibility index (Phi) is 2.76. The van der Waals surface area contributed by atoms with Gasteiger partial charge in [0.2, 0.25) is 0 Å². The van der Waals surface area contributed by atoms with Crippen molar-refractivity contribution in [3.63, 3.8) is 0 Å². The number of pyridine rings is 2. The first-order valence-corrected chi connectivity index (χ1v) is 6.27. The van der Waals surface area contributed by atoms with Crippen molar-refractivity contribution < 1.29 is 0 Å². The number of imidazole rings is 1. The summed E-state index contributed by atoms with van der Waals surface area (Å²) < 4.78 is 2.05. The lowest BCUT2D eigenvalue weighted by molar-refractivity contribution is 1.08. The van der Waals surface area contributed by atoms with E-state index in [0.29, 0.717) is 5.88 Å². The fraction of sp³-hybridized carbons (Fsp3) is 0.143. The van der Waals surface area contributed by atoms with Gasteiger partial charge in [-0.15, -0.1) is 11.6 Å². The second-order valence-electron chi connectivity index (χ2n) is 4.17. The molecule has 0 bridgehead atoms. The van der Waals surface area contributed by atoms with Crippen LogP contribution in [0.1, 0.15) is 11.3 Å². The molecule has 3 aromatic heterocycles. The van der Waals surface area contributed by atoms with E-state index in [1.807, 2.05) is 48.0 Å². The third kappa shape index (κ3) is 1.68. The Balaban J connectivity index is 2.33. The average Bonchev–Trinajstić information content (AvgIpc) is 2.80. The van der Waals surface area contributed by atoms with Crippen molar-refractivity contribution in [1.82, 2.24) is 14.4 Å². The third-order valence-electron chi connectivity index (χ3n) is 3.01. The molecule has 3 aromatic rings. The predicted octanol–water partition coefficient (Wildman–Crippen LogP) is 3.44. The topological polar surface area (TPSA) is 30.2 Å². The molecule has 3 nitrogen and oxygen atoms in total. The zero-order chi connectivity index (χ0) is 12.5. The van der Waals surface area contributed by atoms with Gasteiger partial charge < -0.3 is 4.40 Å². The molecule has 0 aromatic carbocycles. The van der Waals surface area contributed by atoms with Crippen LogP contribution in [0.5, 0.6) is 0 Å². The highest BCUT2D eigenvalue weighted by Crippen LogP contribution is 2.26. The minimum absolute atomic E-state index is 0.425. The van der Waals surface area contributed by atoms with Crippen LogP contribution < -0.4 is 0 Å². The first-order chi connectivity index (χ1) is 8.81. The van der Waals surface area contributed by atoms with Gasteiger partial charge in [0.05, 0.1) is 17.3 Å². The van der Waals surface area contributed by atoms with E-state index in [0.717, 1.165) is 28.2 Å². The highest BCUT2D eigenvalue weighted by atomic mass is 35.5. The van der Waals surface area contributed by atoms with Gasteiger partial charge in [0.1, 0.15) is 5.65 Å². The number of aromatic nitrogens is 3. The molecule has 0 saturated heterocycles. The molecule has 4 heteroatoms. The molecule has 0 amide bonds. The van der Waals surface area contributed by atoms with Crippen molar-refractivity contribution in [2.75, 3.05) is 0 Å². The second-order valence-corrected chi connectivity index (χ2v) is 4.43. The van der Waals surface area contributed by atoms with E-state index in [4.69, 9.17) is 16.6 Å². The summed E-state index contributed by atoms with van der Waals surface area (Å²) in [4.78, 5) is 8.83.